The third-order valence-corrected chi connectivity index (χ3v) is 1.50. The van der Waals surface area contributed by atoms with Crippen molar-refractivity contribution in [2.75, 3.05) is 13.1 Å². The van der Waals surface area contributed by atoms with Gasteiger partial charge in [0.25, 0.3) is 0 Å². The molecule has 0 heterocycles. The van der Waals surface area contributed by atoms with Crippen LogP contribution < -0.4 is 0 Å². The van der Waals surface area contributed by atoms with Gasteiger partial charge >= 0.3 is 0 Å². The summed E-state index contributed by atoms with van der Waals surface area (Å²) in [5.74, 6) is 0. The molecule has 0 fully saturated rings. The molecule has 0 N–H and O–H groups in total. The number of carbonyl (C=O) groups is 1. The maximum absolute atomic E-state index is 10.7. The van der Waals surface area contributed by atoms with Gasteiger partial charge in [-0.15, -0.1) is 0 Å². The summed E-state index contributed by atoms with van der Waals surface area (Å²) in [6.45, 7) is 5.69. The Kier molecular flexibility index (Phi) is 11.2. The van der Waals surface area contributed by atoms with E-state index in [1.54, 1.807) is 4.90 Å². The predicted octanol–water partition coefficient (Wildman–Crippen LogP) is 1.77. The second-order valence-corrected chi connectivity index (χ2v) is 2.60. The van der Waals surface area contributed by atoms with Gasteiger partial charge < -0.3 is 22.3 Å². The third-order valence-electron chi connectivity index (χ3n) is 1.25. The summed E-state index contributed by atoms with van der Waals surface area (Å²) < 4.78 is 0. The second-order valence-electron chi connectivity index (χ2n) is 2.25. The monoisotopic (exact) mass is 274 g/mol. The van der Waals surface area contributed by atoms with Crippen LogP contribution in [0.25, 0.3) is 0 Å². The van der Waals surface area contributed by atoms with Crippen molar-refractivity contribution in [2.24, 2.45) is 0 Å². The molecule has 0 aliphatic rings. The molecule has 0 radical (unpaired) electrons. The molecule has 0 aliphatic heterocycles. The molecule has 0 aromatic rings. The molecule has 0 aromatic carbocycles. The number of hydrogen-bond donors (Lipinski definition) is 0. The van der Waals surface area contributed by atoms with Crippen LogP contribution in [0.4, 0.5) is 4.79 Å². The van der Waals surface area contributed by atoms with Crippen LogP contribution in [0.3, 0.4) is 0 Å². The summed E-state index contributed by atoms with van der Waals surface area (Å²) >= 11 is 4.52. The summed E-state index contributed by atoms with van der Waals surface area (Å²) in [7, 11) is 0. The summed E-state index contributed by atoms with van der Waals surface area (Å²) in [6, 6.07) is 0. The van der Waals surface area contributed by atoms with Crippen molar-refractivity contribution in [3.8, 4) is 0 Å². The number of carbonyl (C=O) groups excluding carboxylic acids is 1. The molecule has 0 saturated carbocycles. The van der Waals surface area contributed by atoms with Crippen molar-refractivity contribution in [1.82, 2.24) is 4.90 Å². The van der Waals surface area contributed by atoms with E-state index in [1.165, 1.54) is 0 Å². The number of nitrogens with zero attached hydrogens (tertiary/aromatic N) is 1. The Morgan fingerprint density at radius 2 is 1.64 bits per heavy atom. The molecule has 0 rings (SSSR count). The van der Waals surface area contributed by atoms with Gasteiger partial charge in [-0.1, -0.05) is 13.8 Å². The Balaban J connectivity index is 0. The number of amides is 1. The average Bonchev–Trinajstić information content (AvgIpc) is 1.87. The minimum atomic E-state index is -0.219. The van der Waals surface area contributed by atoms with Crippen molar-refractivity contribution >= 4 is 17.9 Å². The smallest absolute Gasteiger partial charge is 0.101 e. The fourth-order valence-corrected chi connectivity index (χ4v) is 1.02. The molecule has 4 heteroatoms. The largest absolute Gasteiger partial charge is 0.719 e. The zero-order valence-corrected chi connectivity index (χ0v) is 12.2. The molecule has 11 heavy (non-hydrogen) atoms. The third kappa shape index (κ3) is 6.99. The van der Waals surface area contributed by atoms with Gasteiger partial charge in [0.05, 0.1) is 0 Å². The van der Waals surface area contributed by atoms with E-state index < -0.39 is 0 Å². The molecule has 0 unspecified atom stereocenters. The fourth-order valence-electron chi connectivity index (χ4n) is 0.834. The van der Waals surface area contributed by atoms with Gasteiger partial charge in [-0.25, -0.2) is 0 Å². The van der Waals surface area contributed by atoms with E-state index in [1.807, 2.05) is 13.8 Å². The summed E-state index contributed by atoms with van der Waals surface area (Å²) in [5.41, 5.74) is 0. The quantitative estimate of drug-likeness (QED) is 0.574. The zero-order valence-electron chi connectivity index (χ0n) is 7.30. The molecule has 0 saturated heterocycles. The predicted molar refractivity (Wildman–Crippen MR) is 44.9 cm³/mol. The van der Waals surface area contributed by atoms with Gasteiger partial charge in [0.2, 0.25) is 0 Å². The first kappa shape index (κ1) is 14.2. The second kappa shape index (κ2) is 8.71. The van der Waals surface area contributed by atoms with Crippen LogP contribution in [0, 0.1) is 0 Å². The van der Waals surface area contributed by atoms with Crippen molar-refractivity contribution in [2.45, 2.75) is 26.7 Å². The van der Waals surface area contributed by atoms with Crippen molar-refractivity contribution in [1.29, 1.82) is 0 Å². The maximum atomic E-state index is 10.7. The van der Waals surface area contributed by atoms with E-state index in [9.17, 15) is 4.79 Å². The van der Waals surface area contributed by atoms with Crippen LogP contribution in [0.1, 0.15) is 26.7 Å². The van der Waals surface area contributed by atoms with E-state index in [4.69, 9.17) is 0 Å². The first-order valence-electron chi connectivity index (χ1n) is 3.68. The number of rotatable bonds is 4. The summed E-state index contributed by atoms with van der Waals surface area (Å²) in [4.78, 5) is 12.4. The van der Waals surface area contributed by atoms with E-state index >= 15 is 0 Å². The standard InChI is InChI=1S/C7H15NOS.Cd/c1-3-5-8(6-4-2)7(9)10;/h3-6H2,1-2H3,(H,9,10);/p-1. The molecule has 0 aliphatic carbocycles. The van der Waals surface area contributed by atoms with Crippen LogP contribution in [-0.2, 0) is 39.9 Å². The average molecular weight is 273 g/mol. The Bertz CT molecular complexity index is 105. The Morgan fingerprint density at radius 1 is 1.27 bits per heavy atom. The van der Waals surface area contributed by atoms with Crippen LogP contribution in [0.5, 0.6) is 0 Å². The molecule has 62 valence electrons. The molecular formula is C7H14CdNOS-. The SMILES string of the molecule is CCCN(CCC)C(=O)[S-].[Cd]. The molecule has 0 aromatic heterocycles. The van der Waals surface area contributed by atoms with Gasteiger partial charge in [0, 0.05) is 40.4 Å². The van der Waals surface area contributed by atoms with Crippen LogP contribution >= 0.6 is 0 Å². The Labute approximate surface area is 94.3 Å². The first-order chi connectivity index (χ1) is 4.72. The van der Waals surface area contributed by atoms with Crippen molar-refractivity contribution in [3.05, 3.63) is 0 Å². The zero-order chi connectivity index (χ0) is 7.98. The fraction of sp³-hybridized carbons (Fsp3) is 0.857. The molecule has 0 atom stereocenters. The van der Waals surface area contributed by atoms with E-state index in [0.717, 1.165) is 25.9 Å². The van der Waals surface area contributed by atoms with Gasteiger partial charge in [-0.3, -0.25) is 0 Å². The van der Waals surface area contributed by atoms with Crippen LogP contribution in [0.15, 0.2) is 0 Å². The topological polar surface area (TPSA) is 20.3 Å². The van der Waals surface area contributed by atoms with E-state index in [2.05, 4.69) is 12.6 Å². The number of hydrogen-bond acceptors (Lipinski definition) is 2. The normalized spacial score (nSPS) is 8.55. The molecule has 0 bridgehead atoms. The first-order valence-corrected chi connectivity index (χ1v) is 4.09. The van der Waals surface area contributed by atoms with Gasteiger partial charge in [-0.05, 0) is 12.8 Å². The summed E-state index contributed by atoms with van der Waals surface area (Å²) in [5, 5.41) is -0.219. The molecular weight excluding hydrogens is 259 g/mol. The van der Waals surface area contributed by atoms with Crippen molar-refractivity contribution in [3.63, 3.8) is 0 Å². The Hall–Kier alpha value is 0.612. The van der Waals surface area contributed by atoms with Crippen LogP contribution in [0.2, 0.25) is 0 Å². The van der Waals surface area contributed by atoms with Crippen molar-refractivity contribution < 1.29 is 32.1 Å². The maximum Gasteiger partial charge on any atom is 0.101 e. The van der Waals surface area contributed by atoms with E-state index in [-0.39, 0.29) is 32.5 Å². The van der Waals surface area contributed by atoms with Gasteiger partial charge in [0.1, 0.15) is 5.24 Å². The van der Waals surface area contributed by atoms with Gasteiger partial charge in [-0.2, -0.15) is 0 Å². The Morgan fingerprint density at radius 3 is 1.82 bits per heavy atom. The molecule has 2 nitrogen and oxygen atoms in total. The molecule has 1 amide bonds. The summed E-state index contributed by atoms with van der Waals surface area (Å²) in [6.07, 6.45) is 1.98. The minimum absolute atomic E-state index is 0. The van der Waals surface area contributed by atoms with Gasteiger partial charge in [0.15, 0.2) is 0 Å². The van der Waals surface area contributed by atoms with E-state index in [0.29, 0.717) is 0 Å². The minimum Gasteiger partial charge on any atom is -0.719 e. The molecule has 0 spiro atoms. The van der Waals surface area contributed by atoms with Crippen LogP contribution in [-0.4, -0.2) is 23.2 Å².